The molecule has 2 heterocycles. The molecule has 0 saturated carbocycles. The molecule has 0 aliphatic carbocycles. The first-order chi connectivity index (χ1) is 7.40. The highest BCUT2D eigenvalue weighted by Gasteiger charge is 2.14. The van der Waals surface area contributed by atoms with Crippen LogP contribution in [0, 0.1) is 0 Å². The Hall–Kier alpha value is -0.650. The van der Waals surface area contributed by atoms with E-state index in [1.54, 1.807) is 11.3 Å². The molecule has 0 unspecified atom stereocenters. The van der Waals surface area contributed by atoms with Crippen molar-refractivity contribution < 1.29 is 4.74 Å². The summed E-state index contributed by atoms with van der Waals surface area (Å²) in [4.78, 5) is 8.07. The van der Waals surface area contributed by atoms with E-state index in [1.165, 1.54) is 4.88 Å². The van der Waals surface area contributed by atoms with Crippen molar-refractivity contribution in [2.45, 2.75) is 12.8 Å². The van der Waals surface area contributed by atoms with E-state index in [-0.39, 0.29) is 0 Å². The van der Waals surface area contributed by atoms with E-state index < -0.39 is 0 Å². The second kappa shape index (κ2) is 5.44. The van der Waals surface area contributed by atoms with Gasteiger partial charge in [-0.15, -0.1) is 11.3 Å². The summed E-state index contributed by atoms with van der Waals surface area (Å²) in [7, 11) is 0. The zero-order valence-corrected chi connectivity index (χ0v) is 9.63. The Balaban J connectivity index is 1.93. The number of nitrogens with zero attached hydrogens (tertiary/aromatic N) is 2. The van der Waals surface area contributed by atoms with Crippen LogP contribution in [-0.2, 0) is 11.2 Å². The van der Waals surface area contributed by atoms with E-state index in [1.807, 2.05) is 6.20 Å². The smallest absolute Gasteiger partial charge is 0.185 e. The number of morpholine rings is 1. The number of anilines is 1. The summed E-state index contributed by atoms with van der Waals surface area (Å²) in [6, 6.07) is 0. The van der Waals surface area contributed by atoms with Crippen molar-refractivity contribution in [1.29, 1.82) is 0 Å². The normalized spacial score (nSPS) is 17.0. The Morgan fingerprint density at radius 3 is 3.00 bits per heavy atom. The van der Waals surface area contributed by atoms with Crippen LogP contribution in [0.5, 0.6) is 0 Å². The van der Waals surface area contributed by atoms with Gasteiger partial charge in [0.1, 0.15) is 0 Å². The van der Waals surface area contributed by atoms with Crippen LogP contribution in [-0.4, -0.2) is 37.8 Å². The Kier molecular flexibility index (Phi) is 3.94. The molecule has 1 aromatic rings. The molecule has 2 N–H and O–H groups in total. The third kappa shape index (κ3) is 2.90. The monoisotopic (exact) mass is 227 g/mol. The highest BCUT2D eigenvalue weighted by Crippen LogP contribution is 2.23. The summed E-state index contributed by atoms with van der Waals surface area (Å²) in [5.74, 6) is 0. The predicted octanol–water partition coefficient (Wildman–Crippen LogP) is 0.871. The highest BCUT2D eigenvalue weighted by molar-refractivity contribution is 7.15. The minimum absolute atomic E-state index is 0.755. The first-order valence-corrected chi connectivity index (χ1v) is 6.19. The minimum Gasteiger partial charge on any atom is -0.378 e. The average Bonchev–Trinajstić information content (AvgIpc) is 2.76. The summed E-state index contributed by atoms with van der Waals surface area (Å²) in [6.45, 7) is 4.31. The van der Waals surface area contributed by atoms with Crippen LogP contribution in [0.1, 0.15) is 11.3 Å². The fourth-order valence-corrected chi connectivity index (χ4v) is 2.59. The van der Waals surface area contributed by atoms with Gasteiger partial charge >= 0.3 is 0 Å². The average molecular weight is 227 g/mol. The molecule has 1 fully saturated rings. The van der Waals surface area contributed by atoms with Gasteiger partial charge in [0.15, 0.2) is 5.13 Å². The SMILES string of the molecule is NCCCc1cnc(N2CCOCC2)s1. The number of hydrogen-bond acceptors (Lipinski definition) is 5. The molecule has 0 bridgehead atoms. The van der Waals surface area contributed by atoms with Crippen LogP contribution in [0.2, 0.25) is 0 Å². The molecule has 1 aromatic heterocycles. The van der Waals surface area contributed by atoms with Gasteiger partial charge in [-0.1, -0.05) is 0 Å². The van der Waals surface area contributed by atoms with Gasteiger partial charge in [0.25, 0.3) is 0 Å². The third-order valence-electron chi connectivity index (χ3n) is 2.45. The first kappa shape index (κ1) is 10.9. The molecule has 15 heavy (non-hydrogen) atoms. The lowest BCUT2D eigenvalue weighted by Gasteiger charge is -2.25. The Morgan fingerprint density at radius 1 is 1.47 bits per heavy atom. The Morgan fingerprint density at radius 2 is 2.27 bits per heavy atom. The van der Waals surface area contributed by atoms with E-state index in [0.717, 1.165) is 50.8 Å². The number of rotatable bonds is 4. The fourth-order valence-electron chi connectivity index (χ4n) is 1.59. The van der Waals surface area contributed by atoms with E-state index >= 15 is 0 Å². The van der Waals surface area contributed by atoms with Gasteiger partial charge in [-0.05, 0) is 19.4 Å². The van der Waals surface area contributed by atoms with Crippen molar-refractivity contribution in [3.63, 3.8) is 0 Å². The second-order valence-electron chi connectivity index (χ2n) is 3.60. The maximum atomic E-state index is 5.48. The maximum absolute atomic E-state index is 5.48. The molecule has 0 aromatic carbocycles. The number of aromatic nitrogens is 1. The molecule has 0 spiro atoms. The summed E-state index contributed by atoms with van der Waals surface area (Å²) < 4.78 is 5.31. The molecule has 2 rings (SSSR count). The Bertz CT molecular complexity index is 297. The van der Waals surface area contributed by atoms with E-state index in [9.17, 15) is 0 Å². The van der Waals surface area contributed by atoms with Crippen molar-refractivity contribution in [3.05, 3.63) is 11.1 Å². The van der Waals surface area contributed by atoms with Crippen molar-refractivity contribution in [2.75, 3.05) is 37.7 Å². The van der Waals surface area contributed by atoms with Crippen molar-refractivity contribution in [2.24, 2.45) is 5.73 Å². The molecule has 1 aliphatic heterocycles. The molecule has 5 heteroatoms. The second-order valence-corrected chi connectivity index (χ2v) is 4.69. The quantitative estimate of drug-likeness (QED) is 0.829. The van der Waals surface area contributed by atoms with Gasteiger partial charge in [0.2, 0.25) is 0 Å². The lowest BCUT2D eigenvalue weighted by Crippen LogP contribution is -2.36. The molecular weight excluding hydrogens is 210 g/mol. The van der Waals surface area contributed by atoms with Crippen molar-refractivity contribution in [1.82, 2.24) is 4.98 Å². The zero-order valence-electron chi connectivity index (χ0n) is 8.82. The standard InChI is InChI=1S/C10H17N3OS/c11-3-1-2-9-8-12-10(15-9)13-4-6-14-7-5-13/h8H,1-7,11H2. The summed E-state index contributed by atoms with van der Waals surface area (Å²) in [5, 5.41) is 1.13. The number of nitrogens with two attached hydrogens (primary N) is 1. The van der Waals surface area contributed by atoms with Crippen LogP contribution in [0.3, 0.4) is 0 Å². The van der Waals surface area contributed by atoms with Crippen LogP contribution in [0.15, 0.2) is 6.20 Å². The molecule has 4 nitrogen and oxygen atoms in total. The number of thiazole rings is 1. The van der Waals surface area contributed by atoms with Crippen LogP contribution in [0.4, 0.5) is 5.13 Å². The summed E-state index contributed by atoms with van der Waals surface area (Å²) in [5.41, 5.74) is 5.48. The highest BCUT2D eigenvalue weighted by atomic mass is 32.1. The lowest BCUT2D eigenvalue weighted by molar-refractivity contribution is 0.122. The van der Waals surface area contributed by atoms with E-state index in [2.05, 4.69) is 9.88 Å². The van der Waals surface area contributed by atoms with Gasteiger partial charge in [-0.2, -0.15) is 0 Å². The number of hydrogen-bond donors (Lipinski definition) is 1. The van der Waals surface area contributed by atoms with Gasteiger partial charge in [0.05, 0.1) is 13.2 Å². The number of aryl methyl sites for hydroxylation is 1. The summed E-state index contributed by atoms with van der Waals surface area (Å²) in [6.07, 6.45) is 4.08. The molecule has 0 radical (unpaired) electrons. The Labute approximate surface area is 94.1 Å². The topological polar surface area (TPSA) is 51.4 Å². The third-order valence-corrected chi connectivity index (χ3v) is 3.57. The van der Waals surface area contributed by atoms with Gasteiger partial charge in [-0.3, -0.25) is 0 Å². The van der Waals surface area contributed by atoms with Crippen molar-refractivity contribution in [3.8, 4) is 0 Å². The molecular formula is C10H17N3OS. The van der Waals surface area contributed by atoms with Gasteiger partial charge < -0.3 is 15.4 Å². The van der Waals surface area contributed by atoms with Gasteiger partial charge in [0, 0.05) is 24.2 Å². The van der Waals surface area contributed by atoms with Crippen molar-refractivity contribution >= 4 is 16.5 Å². The van der Waals surface area contributed by atoms with Crippen LogP contribution in [0.25, 0.3) is 0 Å². The van der Waals surface area contributed by atoms with E-state index in [0.29, 0.717) is 0 Å². The van der Waals surface area contributed by atoms with Crippen LogP contribution < -0.4 is 10.6 Å². The van der Waals surface area contributed by atoms with E-state index in [4.69, 9.17) is 10.5 Å². The lowest BCUT2D eigenvalue weighted by atomic mass is 10.3. The molecule has 0 amide bonds. The zero-order chi connectivity index (χ0) is 10.5. The molecule has 1 aliphatic rings. The summed E-state index contributed by atoms with van der Waals surface area (Å²) >= 11 is 1.78. The molecule has 1 saturated heterocycles. The van der Waals surface area contributed by atoms with Crippen LogP contribution >= 0.6 is 11.3 Å². The molecule has 0 atom stereocenters. The largest absolute Gasteiger partial charge is 0.378 e. The molecule has 84 valence electrons. The fraction of sp³-hybridized carbons (Fsp3) is 0.700. The first-order valence-electron chi connectivity index (χ1n) is 5.37. The van der Waals surface area contributed by atoms with Gasteiger partial charge in [-0.25, -0.2) is 4.98 Å². The maximum Gasteiger partial charge on any atom is 0.185 e. The minimum atomic E-state index is 0.755. The predicted molar refractivity (Wildman–Crippen MR) is 62.5 cm³/mol. The number of ether oxygens (including phenoxy) is 1.